The summed E-state index contributed by atoms with van der Waals surface area (Å²) in [5.74, 6) is -0.328. The molecule has 0 aromatic heterocycles. The molecule has 0 heterocycles. The monoisotopic (exact) mass is 295 g/mol. The molecular formula is C16H25NO4. The minimum Gasteiger partial charge on any atom is -0.460 e. The number of benzene rings is 1. The van der Waals surface area contributed by atoms with Gasteiger partial charge in [0.05, 0.1) is 25.4 Å². The maximum atomic E-state index is 11.8. The van der Waals surface area contributed by atoms with E-state index in [4.69, 9.17) is 14.2 Å². The smallest absolute Gasteiger partial charge is 0.338 e. The molecule has 0 saturated carbocycles. The van der Waals surface area contributed by atoms with E-state index in [1.807, 2.05) is 12.1 Å². The molecule has 0 bridgehead atoms. The molecule has 0 aliphatic carbocycles. The summed E-state index contributed by atoms with van der Waals surface area (Å²) in [6.07, 6.45) is 2.29. The Morgan fingerprint density at radius 1 is 1.10 bits per heavy atom. The minimum absolute atomic E-state index is 0.249. The Kier molecular flexibility index (Phi) is 9.24. The fraction of sp³-hybridized carbons (Fsp3) is 0.562. The predicted molar refractivity (Wildman–Crippen MR) is 82.8 cm³/mol. The first kappa shape index (κ1) is 17.5. The third-order valence-corrected chi connectivity index (χ3v) is 2.87. The Morgan fingerprint density at radius 3 is 2.48 bits per heavy atom. The first-order chi connectivity index (χ1) is 10.3. The first-order valence-electron chi connectivity index (χ1n) is 7.35. The van der Waals surface area contributed by atoms with Gasteiger partial charge in [-0.15, -0.1) is 0 Å². The van der Waals surface area contributed by atoms with E-state index in [0.717, 1.165) is 25.1 Å². The highest BCUT2D eigenvalue weighted by molar-refractivity contribution is 5.89. The number of unbranched alkanes of at least 4 members (excludes halogenated alkanes) is 1. The number of nitrogens with one attached hydrogen (secondary N) is 1. The lowest BCUT2D eigenvalue weighted by molar-refractivity contribution is 0.0214. The Hall–Kier alpha value is -1.59. The van der Waals surface area contributed by atoms with Crippen LogP contribution in [0, 0.1) is 0 Å². The lowest BCUT2D eigenvalue weighted by Gasteiger charge is -2.08. The summed E-state index contributed by atoms with van der Waals surface area (Å²) in [4.78, 5) is 11.8. The van der Waals surface area contributed by atoms with E-state index in [-0.39, 0.29) is 12.6 Å². The fourth-order valence-corrected chi connectivity index (χ4v) is 1.65. The number of carbonyl (C=O) groups excluding carboxylic acids is 1. The van der Waals surface area contributed by atoms with Gasteiger partial charge in [-0.2, -0.15) is 0 Å². The van der Waals surface area contributed by atoms with E-state index in [1.54, 1.807) is 19.2 Å². The molecule has 0 aliphatic rings. The summed E-state index contributed by atoms with van der Waals surface area (Å²) in [7, 11) is 1.62. The largest absolute Gasteiger partial charge is 0.460 e. The second kappa shape index (κ2) is 11.1. The van der Waals surface area contributed by atoms with Crippen LogP contribution < -0.4 is 5.32 Å². The van der Waals surface area contributed by atoms with Crippen molar-refractivity contribution in [1.29, 1.82) is 0 Å². The van der Waals surface area contributed by atoms with Crippen LogP contribution in [-0.4, -0.2) is 46.1 Å². The lowest BCUT2D eigenvalue weighted by atomic mass is 10.2. The molecule has 0 aliphatic heterocycles. The van der Waals surface area contributed by atoms with Crippen LogP contribution in [0.25, 0.3) is 0 Å². The van der Waals surface area contributed by atoms with Crippen LogP contribution in [0.5, 0.6) is 0 Å². The van der Waals surface area contributed by atoms with Gasteiger partial charge >= 0.3 is 5.97 Å². The number of rotatable bonds is 11. The molecule has 5 heteroatoms. The van der Waals surface area contributed by atoms with E-state index in [2.05, 4.69) is 12.2 Å². The number of anilines is 1. The summed E-state index contributed by atoms with van der Waals surface area (Å²) >= 11 is 0. The number of methoxy groups -OCH3 is 1. The Bertz CT molecular complexity index is 392. The molecule has 5 nitrogen and oxygen atoms in total. The summed E-state index contributed by atoms with van der Waals surface area (Å²) in [6, 6.07) is 7.31. The lowest BCUT2D eigenvalue weighted by Crippen LogP contribution is -2.12. The molecule has 1 aromatic rings. The van der Waals surface area contributed by atoms with Crippen molar-refractivity contribution in [1.82, 2.24) is 0 Å². The maximum absolute atomic E-state index is 11.8. The highest BCUT2D eigenvalue weighted by Gasteiger charge is 2.06. The summed E-state index contributed by atoms with van der Waals surface area (Å²) in [5, 5.41) is 3.30. The second-order valence-electron chi connectivity index (χ2n) is 4.60. The SMILES string of the molecule is CCCCNc1ccc(C(=O)OCCOCCOC)cc1. The second-order valence-corrected chi connectivity index (χ2v) is 4.60. The topological polar surface area (TPSA) is 56.8 Å². The summed E-state index contributed by atoms with van der Waals surface area (Å²) < 4.78 is 15.2. The summed E-state index contributed by atoms with van der Waals surface area (Å²) in [6.45, 7) is 4.77. The molecule has 0 spiro atoms. The first-order valence-corrected chi connectivity index (χ1v) is 7.35. The van der Waals surface area contributed by atoms with Gasteiger partial charge in [0.2, 0.25) is 0 Å². The third kappa shape index (κ3) is 7.68. The molecule has 0 radical (unpaired) electrons. The maximum Gasteiger partial charge on any atom is 0.338 e. The van der Waals surface area contributed by atoms with Gasteiger partial charge in [0.25, 0.3) is 0 Å². The van der Waals surface area contributed by atoms with Gasteiger partial charge in [0, 0.05) is 19.3 Å². The van der Waals surface area contributed by atoms with Gasteiger partial charge < -0.3 is 19.5 Å². The molecular weight excluding hydrogens is 270 g/mol. The number of carbonyl (C=O) groups is 1. The average molecular weight is 295 g/mol. The van der Waals surface area contributed by atoms with Crippen molar-refractivity contribution in [2.45, 2.75) is 19.8 Å². The molecule has 1 aromatic carbocycles. The van der Waals surface area contributed by atoms with Gasteiger partial charge in [-0.05, 0) is 30.7 Å². The van der Waals surface area contributed by atoms with E-state index in [1.165, 1.54) is 0 Å². The Labute approximate surface area is 126 Å². The van der Waals surface area contributed by atoms with Gasteiger partial charge in [0.1, 0.15) is 6.61 Å². The van der Waals surface area contributed by atoms with Gasteiger partial charge in [-0.3, -0.25) is 0 Å². The molecule has 0 amide bonds. The Balaban J connectivity index is 2.24. The van der Waals surface area contributed by atoms with Gasteiger partial charge in [0.15, 0.2) is 0 Å². The van der Waals surface area contributed by atoms with Crippen molar-refractivity contribution in [2.24, 2.45) is 0 Å². The van der Waals surface area contributed by atoms with Crippen LogP contribution in [0.2, 0.25) is 0 Å². The van der Waals surface area contributed by atoms with Crippen LogP contribution in [-0.2, 0) is 14.2 Å². The molecule has 21 heavy (non-hydrogen) atoms. The number of hydrogen-bond donors (Lipinski definition) is 1. The number of ether oxygens (including phenoxy) is 3. The zero-order valence-corrected chi connectivity index (χ0v) is 12.9. The zero-order valence-electron chi connectivity index (χ0n) is 12.9. The average Bonchev–Trinajstić information content (AvgIpc) is 2.51. The van der Waals surface area contributed by atoms with Crippen molar-refractivity contribution in [3.63, 3.8) is 0 Å². The van der Waals surface area contributed by atoms with E-state index in [0.29, 0.717) is 25.4 Å². The van der Waals surface area contributed by atoms with Gasteiger partial charge in [-0.1, -0.05) is 13.3 Å². The van der Waals surface area contributed by atoms with Crippen molar-refractivity contribution in [2.75, 3.05) is 45.4 Å². The molecule has 0 saturated heterocycles. The van der Waals surface area contributed by atoms with Crippen LogP contribution in [0.4, 0.5) is 5.69 Å². The molecule has 0 fully saturated rings. The van der Waals surface area contributed by atoms with Crippen molar-refractivity contribution < 1.29 is 19.0 Å². The number of hydrogen-bond acceptors (Lipinski definition) is 5. The highest BCUT2D eigenvalue weighted by Crippen LogP contribution is 2.10. The van der Waals surface area contributed by atoms with E-state index >= 15 is 0 Å². The van der Waals surface area contributed by atoms with Crippen LogP contribution in [0.3, 0.4) is 0 Å². The molecule has 118 valence electrons. The van der Waals surface area contributed by atoms with Crippen LogP contribution >= 0.6 is 0 Å². The van der Waals surface area contributed by atoms with Crippen LogP contribution in [0.15, 0.2) is 24.3 Å². The highest BCUT2D eigenvalue weighted by atomic mass is 16.6. The fourth-order valence-electron chi connectivity index (χ4n) is 1.65. The molecule has 1 rings (SSSR count). The third-order valence-electron chi connectivity index (χ3n) is 2.87. The quantitative estimate of drug-likeness (QED) is 0.502. The van der Waals surface area contributed by atoms with Crippen molar-refractivity contribution >= 4 is 11.7 Å². The zero-order chi connectivity index (χ0) is 15.3. The summed E-state index contributed by atoms with van der Waals surface area (Å²) in [5.41, 5.74) is 1.57. The van der Waals surface area contributed by atoms with Crippen molar-refractivity contribution in [3.8, 4) is 0 Å². The molecule has 0 unspecified atom stereocenters. The molecule has 1 N–H and O–H groups in total. The van der Waals surface area contributed by atoms with Gasteiger partial charge in [-0.25, -0.2) is 4.79 Å². The standard InChI is InChI=1S/C16H25NO4/c1-3-4-9-17-15-7-5-14(6-8-15)16(18)21-13-12-20-11-10-19-2/h5-8,17H,3-4,9-13H2,1-2H3. The van der Waals surface area contributed by atoms with Crippen LogP contribution in [0.1, 0.15) is 30.1 Å². The van der Waals surface area contributed by atoms with Crippen molar-refractivity contribution in [3.05, 3.63) is 29.8 Å². The normalized spacial score (nSPS) is 10.4. The molecule has 0 atom stereocenters. The van der Waals surface area contributed by atoms with E-state index in [9.17, 15) is 4.79 Å². The Morgan fingerprint density at radius 2 is 1.81 bits per heavy atom. The minimum atomic E-state index is -0.328. The number of esters is 1. The van der Waals surface area contributed by atoms with E-state index < -0.39 is 0 Å². The predicted octanol–water partition coefficient (Wildman–Crippen LogP) is 2.72.